The Balaban J connectivity index is 2.49. The van der Waals surface area contributed by atoms with Crippen LogP contribution < -0.4 is 10.4 Å². The number of aryl methyl sites for hydroxylation is 1. The molecule has 0 aliphatic carbocycles. The van der Waals surface area contributed by atoms with E-state index in [2.05, 4.69) is 6.92 Å². The molecule has 1 unspecified atom stereocenters. The minimum absolute atomic E-state index is 0.180. The molecule has 1 atom stereocenters. The van der Waals surface area contributed by atoms with Gasteiger partial charge in [0.25, 0.3) is 0 Å². The zero-order valence-corrected chi connectivity index (χ0v) is 13.1. The summed E-state index contributed by atoms with van der Waals surface area (Å²) >= 11 is 6.16. The molecule has 0 radical (unpaired) electrons. The van der Waals surface area contributed by atoms with Gasteiger partial charge in [0, 0.05) is 17.5 Å². The fourth-order valence-corrected chi connectivity index (χ4v) is 2.34. The van der Waals surface area contributed by atoms with Gasteiger partial charge in [-0.05, 0) is 31.4 Å². The van der Waals surface area contributed by atoms with Gasteiger partial charge in [-0.2, -0.15) is 0 Å². The average Bonchev–Trinajstić information content (AvgIpc) is 2.46. The van der Waals surface area contributed by atoms with E-state index in [1.54, 1.807) is 6.07 Å². The maximum absolute atomic E-state index is 11.7. The molecule has 1 N–H and O–H groups in total. The summed E-state index contributed by atoms with van der Waals surface area (Å²) in [6.07, 6.45) is 1.66. The van der Waals surface area contributed by atoms with Crippen LogP contribution >= 0.6 is 11.6 Å². The molecule has 2 rings (SSSR count). The van der Waals surface area contributed by atoms with Gasteiger partial charge in [-0.15, -0.1) is 0 Å². The molecule has 118 valence electrons. The Morgan fingerprint density at radius 2 is 2.14 bits per heavy atom. The highest BCUT2D eigenvalue weighted by molar-refractivity contribution is 6.32. The summed E-state index contributed by atoms with van der Waals surface area (Å²) in [5.74, 6) is -0.922. The number of hydrogen-bond acceptors (Lipinski definition) is 4. The first-order valence-corrected chi connectivity index (χ1v) is 7.46. The SMILES string of the molecule is CCCCc1cc(=O)oc2cc(OC(C)C(=O)O)c(Cl)cc12. The van der Waals surface area contributed by atoms with Crippen LogP contribution in [0.3, 0.4) is 0 Å². The first kappa shape index (κ1) is 16.4. The van der Waals surface area contributed by atoms with E-state index >= 15 is 0 Å². The lowest BCUT2D eigenvalue weighted by Crippen LogP contribution is -2.23. The maximum Gasteiger partial charge on any atom is 0.344 e. The van der Waals surface area contributed by atoms with Crippen molar-refractivity contribution in [2.24, 2.45) is 0 Å². The molecule has 0 fully saturated rings. The van der Waals surface area contributed by atoms with Crippen molar-refractivity contribution in [3.63, 3.8) is 0 Å². The van der Waals surface area contributed by atoms with Gasteiger partial charge in [-0.3, -0.25) is 0 Å². The second-order valence-electron chi connectivity index (χ2n) is 5.07. The number of unbranched alkanes of at least 4 members (excludes halogenated alkanes) is 1. The van der Waals surface area contributed by atoms with E-state index in [0.29, 0.717) is 5.58 Å². The molecule has 0 aliphatic rings. The molecule has 0 aliphatic heterocycles. The number of rotatable bonds is 6. The molecule has 0 saturated heterocycles. The van der Waals surface area contributed by atoms with Crippen molar-refractivity contribution in [1.29, 1.82) is 0 Å². The Hall–Kier alpha value is -2.01. The van der Waals surface area contributed by atoms with Crippen LogP contribution in [0.4, 0.5) is 0 Å². The number of hydrogen-bond donors (Lipinski definition) is 1. The lowest BCUT2D eigenvalue weighted by atomic mass is 10.0. The number of ether oxygens (including phenoxy) is 1. The number of aliphatic carboxylic acids is 1. The molecule has 22 heavy (non-hydrogen) atoms. The number of carboxylic acid groups (broad SMARTS) is 1. The third kappa shape index (κ3) is 3.60. The van der Waals surface area contributed by atoms with E-state index in [1.165, 1.54) is 19.1 Å². The Kier molecular flexibility index (Phi) is 5.08. The lowest BCUT2D eigenvalue weighted by molar-refractivity contribution is -0.144. The highest BCUT2D eigenvalue weighted by atomic mass is 35.5. The van der Waals surface area contributed by atoms with Crippen LogP contribution in [0.15, 0.2) is 27.4 Å². The minimum Gasteiger partial charge on any atom is -0.479 e. The second-order valence-corrected chi connectivity index (χ2v) is 5.48. The van der Waals surface area contributed by atoms with E-state index in [1.807, 2.05) is 0 Å². The monoisotopic (exact) mass is 324 g/mol. The van der Waals surface area contributed by atoms with E-state index in [4.69, 9.17) is 25.9 Å². The van der Waals surface area contributed by atoms with Gasteiger partial charge < -0.3 is 14.3 Å². The second kappa shape index (κ2) is 6.83. The number of benzene rings is 1. The first-order chi connectivity index (χ1) is 10.4. The summed E-state index contributed by atoms with van der Waals surface area (Å²) in [7, 11) is 0. The molecule has 2 aromatic rings. The molecule has 0 amide bonds. The quantitative estimate of drug-likeness (QED) is 0.821. The van der Waals surface area contributed by atoms with E-state index < -0.39 is 17.7 Å². The Morgan fingerprint density at radius 3 is 2.77 bits per heavy atom. The molecular weight excluding hydrogens is 308 g/mol. The van der Waals surface area contributed by atoms with E-state index in [-0.39, 0.29) is 10.8 Å². The maximum atomic E-state index is 11.7. The Bertz CT molecular complexity index is 750. The number of carboxylic acids is 1. The molecule has 0 bridgehead atoms. The van der Waals surface area contributed by atoms with Crippen LogP contribution in [0.1, 0.15) is 32.3 Å². The van der Waals surface area contributed by atoms with Crippen molar-refractivity contribution < 1.29 is 19.1 Å². The van der Waals surface area contributed by atoms with Crippen molar-refractivity contribution in [2.45, 2.75) is 39.2 Å². The summed E-state index contributed by atoms with van der Waals surface area (Å²) in [4.78, 5) is 22.5. The van der Waals surface area contributed by atoms with E-state index in [9.17, 15) is 9.59 Å². The summed E-state index contributed by atoms with van der Waals surface area (Å²) in [5, 5.41) is 9.92. The van der Waals surface area contributed by atoms with Crippen LogP contribution in [-0.2, 0) is 11.2 Å². The highest BCUT2D eigenvalue weighted by Crippen LogP contribution is 2.32. The Labute approximate surface area is 132 Å². The van der Waals surface area contributed by atoms with Crippen LogP contribution in [0.2, 0.25) is 5.02 Å². The van der Waals surface area contributed by atoms with Crippen LogP contribution in [0.5, 0.6) is 5.75 Å². The van der Waals surface area contributed by atoms with Gasteiger partial charge in [0.05, 0.1) is 5.02 Å². The van der Waals surface area contributed by atoms with Gasteiger partial charge in [-0.25, -0.2) is 9.59 Å². The molecule has 0 spiro atoms. The predicted octanol–water partition coefficient (Wildman–Crippen LogP) is 3.64. The molecule has 0 saturated carbocycles. The average molecular weight is 325 g/mol. The normalized spacial score (nSPS) is 12.3. The third-order valence-corrected chi connectivity index (χ3v) is 3.63. The largest absolute Gasteiger partial charge is 0.479 e. The molecule has 6 heteroatoms. The fraction of sp³-hybridized carbons (Fsp3) is 0.375. The van der Waals surface area contributed by atoms with Crippen molar-refractivity contribution >= 4 is 28.5 Å². The number of halogens is 1. The van der Waals surface area contributed by atoms with Crippen molar-refractivity contribution in [1.82, 2.24) is 0 Å². The highest BCUT2D eigenvalue weighted by Gasteiger charge is 2.16. The van der Waals surface area contributed by atoms with Crippen molar-refractivity contribution in [3.8, 4) is 5.75 Å². The minimum atomic E-state index is -1.10. The zero-order valence-electron chi connectivity index (χ0n) is 12.4. The first-order valence-electron chi connectivity index (χ1n) is 7.08. The van der Waals surface area contributed by atoms with Gasteiger partial charge >= 0.3 is 11.6 Å². The number of fused-ring (bicyclic) bond motifs is 1. The molecule has 5 nitrogen and oxygen atoms in total. The van der Waals surface area contributed by atoms with Crippen LogP contribution in [0.25, 0.3) is 11.0 Å². The molecule has 1 heterocycles. The summed E-state index contributed by atoms with van der Waals surface area (Å²) in [6.45, 7) is 3.47. The third-order valence-electron chi connectivity index (χ3n) is 3.33. The van der Waals surface area contributed by atoms with Crippen LogP contribution in [0, 0.1) is 0 Å². The summed E-state index contributed by atoms with van der Waals surface area (Å²) < 4.78 is 10.5. The lowest BCUT2D eigenvalue weighted by Gasteiger charge is -2.13. The van der Waals surface area contributed by atoms with Gasteiger partial charge in [0.15, 0.2) is 6.10 Å². The molecule has 1 aromatic carbocycles. The standard InChI is InChI=1S/C16H17ClO5/c1-3-4-5-10-6-15(18)22-13-8-14(12(17)7-11(10)13)21-9(2)16(19)20/h6-9H,3-5H2,1-2H3,(H,19,20). The van der Waals surface area contributed by atoms with E-state index in [0.717, 1.165) is 30.2 Å². The summed E-state index contributed by atoms with van der Waals surface area (Å²) in [6, 6.07) is 4.58. The Morgan fingerprint density at radius 1 is 1.41 bits per heavy atom. The zero-order chi connectivity index (χ0) is 16.3. The van der Waals surface area contributed by atoms with Crippen molar-refractivity contribution in [3.05, 3.63) is 39.2 Å². The van der Waals surface area contributed by atoms with Crippen molar-refractivity contribution in [2.75, 3.05) is 0 Å². The fourth-order valence-electron chi connectivity index (χ4n) is 2.13. The van der Waals surface area contributed by atoms with Crippen LogP contribution in [-0.4, -0.2) is 17.2 Å². The van der Waals surface area contributed by atoms with Gasteiger partial charge in [-0.1, -0.05) is 24.9 Å². The molecule has 1 aromatic heterocycles. The predicted molar refractivity (Wildman–Crippen MR) is 83.8 cm³/mol. The smallest absolute Gasteiger partial charge is 0.344 e. The van der Waals surface area contributed by atoms with Gasteiger partial charge in [0.1, 0.15) is 11.3 Å². The molecular formula is C16H17ClO5. The van der Waals surface area contributed by atoms with Gasteiger partial charge in [0.2, 0.25) is 0 Å². The summed E-state index contributed by atoms with van der Waals surface area (Å²) in [5.41, 5.74) is 0.765. The topological polar surface area (TPSA) is 76.7 Å². The number of carbonyl (C=O) groups is 1.